The number of ether oxygens (including phenoxy) is 1. The van der Waals surface area contributed by atoms with E-state index in [9.17, 15) is 9.59 Å². The molecule has 1 rings (SSSR count). The first-order chi connectivity index (χ1) is 7.02. The van der Waals surface area contributed by atoms with E-state index in [4.69, 9.17) is 9.84 Å². The molecule has 0 aromatic rings. The van der Waals surface area contributed by atoms with E-state index in [1.54, 1.807) is 6.92 Å². The molecule has 1 amide bonds. The molecule has 1 aliphatic rings. The van der Waals surface area contributed by atoms with Crippen LogP contribution in [0.15, 0.2) is 0 Å². The first kappa shape index (κ1) is 12.0. The first-order valence-electron chi connectivity index (χ1n) is 5.06. The van der Waals surface area contributed by atoms with Gasteiger partial charge in [-0.25, -0.2) is 4.79 Å². The zero-order valence-electron chi connectivity index (χ0n) is 9.08. The van der Waals surface area contributed by atoms with Crippen LogP contribution >= 0.6 is 0 Å². The molecule has 0 heterocycles. The highest BCUT2D eigenvalue weighted by molar-refractivity contribution is 5.88. The van der Waals surface area contributed by atoms with Crippen molar-refractivity contribution in [2.75, 3.05) is 13.7 Å². The van der Waals surface area contributed by atoms with Crippen molar-refractivity contribution in [2.45, 2.75) is 31.7 Å². The van der Waals surface area contributed by atoms with Gasteiger partial charge in [-0.1, -0.05) is 6.92 Å². The molecule has 0 aromatic heterocycles. The van der Waals surface area contributed by atoms with E-state index >= 15 is 0 Å². The average molecular weight is 215 g/mol. The molecule has 2 N–H and O–H groups in total. The van der Waals surface area contributed by atoms with Gasteiger partial charge in [0.25, 0.3) is 0 Å². The van der Waals surface area contributed by atoms with E-state index in [1.165, 1.54) is 7.11 Å². The quantitative estimate of drug-likeness (QED) is 0.695. The summed E-state index contributed by atoms with van der Waals surface area (Å²) in [5.41, 5.74) is -1.01. The summed E-state index contributed by atoms with van der Waals surface area (Å²) in [5, 5.41) is 11.6. The number of rotatable bonds is 5. The Bertz CT molecular complexity index is 260. The molecule has 5 heteroatoms. The minimum absolute atomic E-state index is 0.251. The Morgan fingerprint density at radius 3 is 2.47 bits per heavy atom. The lowest BCUT2D eigenvalue weighted by atomic mass is 9.76. The molecule has 86 valence electrons. The predicted molar refractivity (Wildman–Crippen MR) is 53.4 cm³/mol. The molecule has 5 nitrogen and oxygen atoms in total. The van der Waals surface area contributed by atoms with Crippen molar-refractivity contribution >= 4 is 11.9 Å². The Morgan fingerprint density at radius 2 is 2.13 bits per heavy atom. The second-order valence-corrected chi connectivity index (χ2v) is 4.09. The second kappa shape index (κ2) is 4.61. The van der Waals surface area contributed by atoms with E-state index in [-0.39, 0.29) is 11.8 Å². The maximum Gasteiger partial charge on any atom is 0.329 e. The number of amides is 1. The minimum Gasteiger partial charge on any atom is -0.480 e. The molecule has 0 spiro atoms. The van der Waals surface area contributed by atoms with Gasteiger partial charge in [0.15, 0.2) is 0 Å². The van der Waals surface area contributed by atoms with E-state index < -0.39 is 11.5 Å². The predicted octanol–water partition coefficient (Wildman–Crippen LogP) is 0.392. The van der Waals surface area contributed by atoms with Gasteiger partial charge in [0.05, 0.1) is 12.5 Å². The highest BCUT2D eigenvalue weighted by Gasteiger charge is 2.46. The molecule has 0 bridgehead atoms. The van der Waals surface area contributed by atoms with Gasteiger partial charge in [-0.05, 0) is 19.3 Å². The molecule has 0 saturated heterocycles. The van der Waals surface area contributed by atoms with Gasteiger partial charge in [-0.2, -0.15) is 0 Å². The van der Waals surface area contributed by atoms with Gasteiger partial charge in [-0.15, -0.1) is 0 Å². The highest BCUT2D eigenvalue weighted by Crippen LogP contribution is 2.32. The lowest BCUT2D eigenvalue weighted by molar-refractivity contribution is -0.152. The monoisotopic (exact) mass is 215 g/mol. The van der Waals surface area contributed by atoms with Crippen LogP contribution in [0.5, 0.6) is 0 Å². The lowest BCUT2D eigenvalue weighted by Gasteiger charge is -2.38. The van der Waals surface area contributed by atoms with Crippen LogP contribution in [0.2, 0.25) is 0 Å². The van der Waals surface area contributed by atoms with Crippen LogP contribution in [-0.2, 0) is 14.3 Å². The molecule has 1 saturated carbocycles. The summed E-state index contributed by atoms with van der Waals surface area (Å²) < 4.78 is 4.84. The van der Waals surface area contributed by atoms with Gasteiger partial charge in [0, 0.05) is 7.11 Å². The zero-order valence-corrected chi connectivity index (χ0v) is 9.08. The summed E-state index contributed by atoms with van der Waals surface area (Å²) in [6.07, 6.45) is 1.90. The van der Waals surface area contributed by atoms with Gasteiger partial charge in [-0.3, -0.25) is 4.79 Å². The second-order valence-electron chi connectivity index (χ2n) is 4.09. The van der Waals surface area contributed by atoms with Crippen molar-refractivity contribution in [1.82, 2.24) is 5.32 Å². The summed E-state index contributed by atoms with van der Waals surface area (Å²) in [5.74, 6) is -1.50. The SMILES string of the molecule is COCC(C)C(=O)NC1(C(=O)O)CCC1. The normalized spacial score (nSPS) is 20.1. The zero-order chi connectivity index (χ0) is 11.5. The third-order valence-electron chi connectivity index (χ3n) is 2.84. The lowest BCUT2D eigenvalue weighted by Crippen LogP contribution is -2.60. The van der Waals surface area contributed by atoms with E-state index in [0.29, 0.717) is 19.4 Å². The molecule has 1 aliphatic carbocycles. The molecular formula is C10H17NO4. The van der Waals surface area contributed by atoms with Crippen LogP contribution in [0, 0.1) is 5.92 Å². The molecule has 0 aliphatic heterocycles. The number of methoxy groups -OCH3 is 1. The number of nitrogens with one attached hydrogen (secondary N) is 1. The van der Waals surface area contributed by atoms with Gasteiger partial charge in [0.1, 0.15) is 5.54 Å². The number of carbonyl (C=O) groups excluding carboxylic acids is 1. The summed E-state index contributed by atoms with van der Waals surface area (Å²) >= 11 is 0. The molecular weight excluding hydrogens is 198 g/mol. The van der Waals surface area contributed by atoms with Gasteiger partial charge >= 0.3 is 5.97 Å². The van der Waals surface area contributed by atoms with Gasteiger partial charge in [0.2, 0.25) is 5.91 Å². The van der Waals surface area contributed by atoms with E-state index in [0.717, 1.165) is 6.42 Å². The third kappa shape index (κ3) is 2.47. The summed E-state index contributed by atoms with van der Waals surface area (Å²) in [7, 11) is 1.51. The van der Waals surface area contributed by atoms with Crippen molar-refractivity contribution in [3.63, 3.8) is 0 Å². The van der Waals surface area contributed by atoms with E-state index in [2.05, 4.69) is 5.32 Å². The van der Waals surface area contributed by atoms with Crippen molar-refractivity contribution < 1.29 is 19.4 Å². The van der Waals surface area contributed by atoms with Crippen molar-refractivity contribution in [1.29, 1.82) is 0 Å². The number of carboxylic acids is 1. The summed E-state index contributed by atoms with van der Waals surface area (Å²) in [6.45, 7) is 2.02. The van der Waals surface area contributed by atoms with Crippen LogP contribution in [-0.4, -0.2) is 36.2 Å². The Kier molecular flexibility index (Phi) is 3.68. The van der Waals surface area contributed by atoms with Crippen molar-refractivity contribution in [2.24, 2.45) is 5.92 Å². The first-order valence-corrected chi connectivity index (χ1v) is 5.06. The molecule has 1 atom stereocenters. The van der Waals surface area contributed by atoms with E-state index in [1.807, 2.05) is 0 Å². The Balaban J connectivity index is 2.52. The van der Waals surface area contributed by atoms with Crippen molar-refractivity contribution in [3.05, 3.63) is 0 Å². The summed E-state index contributed by atoms with van der Waals surface area (Å²) in [4.78, 5) is 22.6. The topological polar surface area (TPSA) is 75.6 Å². The summed E-state index contributed by atoms with van der Waals surface area (Å²) in [6, 6.07) is 0. The fourth-order valence-electron chi connectivity index (χ4n) is 1.61. The number of aliphatic carboxylic acids is 1. The third-order valence-corrected chi connectivity index (χ3v) is 2.84. The standard InChI is InChI=1S/C10H17NO4/c1-7(6-15-2)8(12)11-10(9(13)14)4-3-5-10/h7H,3-6H2,1-2H3,(H,11,12)(H,13,14). The molecule has 0 radical (unpaired) electrons. The fraction of sp³-hybridized carbons (Fsp3) is 0.800. The van der Waals surface area contributed by atoms with Crippen LogP contribution in [0.3, 0.4) is 0 Å². The molecule has 1 fully saturated rings. The maximum absolute atomic E-state index is 11.6. The van der Waals surface area contributed by atoms with Crippen LogP contribution in [0.1, 0.15) is 26.2 Å². The van der Waals surface area contributed by atoms with Gasteiger partial charge < -0.3 is 15.2 Å². The average Bonchev–Trinajstić information content (AvgIpc) is 2.10. The molecule has 0 aromatic carbocycles. The number of carbonyl (C=O) groups is 2. The van der Waals surface area contributed by atoms with Crippen LogP contribution in [0.4, 0.5) is 0 Å². The van der Waals surface area contributed by atoms with Crippen LogP contribution < -0.4 is 5.32 Å². The minimum atomic E-state index is -1.01. The van der Waals surface area contributed by atoms with Crippen molar-refractivity contribution in [3.8, 4) is 0 Å². The number of carboxylic acid groups (broad SMARTS) is 1. The molecule has 15 heavy (non-hydrogen) atoms. The fourth-order valence-corrected chi connectivity index (χ4v) is 1.61. The Labute approximate surface area is 88.8 Å². The Morgan fingerprint density at radius 1 is 1.53 bits per heavy atom. The highest BCUT2D eigenvalue weighted by atomic mass is 16.5. The van der Waals surface area contributed by atoms with Crippen LogP contribution in [0.25, 0.3) is 0 Å². The smallest absolute Gasteiger partial charge is 0.329 e. The number of hydrogen-bond acceptors (Lipinski definition) is 3. The number of hydrogen-bond donors (Lipinski definition) is 2. The Hall–Kier alpha value is -1.10. The maximum atomic E-state index is 11.6. The largest absolute Gasteiger partial charge is 0.480 e. The molecule has 1 unspecified atom stereocenters.